The molecular formula is C22H15N5O8. The topological polar surface area (TPSA) is 185 Å². The first kappa shape index (κ1) is 23.1. The highest BCUT2D eigenvalue weighted by atomic mass is 16.6. The third-order valence-corrected chi connectivity index (χ3v) is 5.57. The molecule has 0 atom stereocenters. The molecule has 0 spiro atoms. The van der Waals surface area contributed by atoms with Crippen LogP contribution in [0.15, 0.2) is 53.5 Å². The van der Waals surface area contributed by atoms with E-state index < -0.39 is 42.4 Å². The van der Waals surface area contributed by atoms with Crippen molar-refractivity contribution in [3.8, 4) is 11.1 Å². The van der Waals surface area contributed by atoms with Crippen LogP contribution in [-0.4, -0.2) is 25.4 Å². The van der Waals surface area contributed by atoms with Crippen molar-refractivity contribution >= 4 is 34.1 Å². The Balaban J connectivity index is 2.21. The van der Waals surface area contributed by atoms with Gasteiger partial charge in [-0.2, -0.15) is 0 Å². The number of non-ortho nitro benzene ring substituents is 2. The lowest BCUT2D eigenvalue weighted by molar-refractivity contribution is -0.395. The predicted octanol–water partition coefficient (Wildman–Crippen LogP) is 5.59. The zero-order chi connectivity index (χ0) is 25.6. The number of benzene rings is 3. The summed E-state index contributed by atoms with van der Waals surface area (Å²) in [4.78, 5) is 48.0. The molecule has 0 saturated carbocycles. The summed E-state index contributed by atoms with van der Waals surface area (Å²) in [6, 6.07) is 10.4. The number of hydrogen-bond donors (Lipinski definition) is 0. The molecule has 0 saturated heterocycles. The van der Waals surface area contributed by atoms with E-state index in [2.05, 4.69) is 4.99 Å². The summed E-state index contributed by atoms with van der Waals surface area (Å²) < 4.78 is 0. The molecule has 1 aliphatic carbocycles. The number of hydrogen-bond acceptors (Lipinski definition) is 9. The van der Waals surface area contributed by atoms with E-state index in [1.807, 2.05) is 13.8 Å². The maximum absolute atomic E-state index is 11.9. The van der Waals surface area contributed by atoms with Crippen LogP contribution >= 0.6 is 0 Å². The summed E-state index contributed by atoms with van der Waals surface area (Å²) in [6.45, 7) is 3.81. The Hall–Kier alpha value is -5.07. The van der Waals surface area contributed by atoms with Crippen LogP contribution in [0.2, 0.25) is 0 Å². The molecule has 3 aromatic rings. The normalized spacial score (nSPS) is 11.7. The first-order chi connectivity index (χ1) is 16.5. The van der Waals surface area contributed by atoms with E-state index >= 15 is 0 Å². The van der Waals surface area contributed by atoms with E-state index in [1.165, 1.54) is 0 Å². The van der Waals surface area contributed by atoms with Gasteiger partial charge in [-0.05, 0) is 17.5 Å². The highest BCUT2D eigenvalue weighted by molar-refractivity contribution is 6.28. The molecule has 0 aliphatic heterocycles. The summed E-state index contributed by atoms with van der Waals surface area (Å²) in [5, 5.41) is 46.8. The number of nitrogens with zero attached hydrogens (tertiary/aromatic N) is 5. The molecule has 0 N–H and O–H groups in total. The van der Waals surface area contributed by atoms with Crippen molar-refractivity contribution in [3.63, 3.8) is 0 Å². The number of para-hydroxylation sites is 1. The van der Waals surface area contributed by atoms with E-state index in [1.54, 1.807) is 24.3 Å². The first-order valence-electron chi connectivity index (χ1n) is 10.1. The van der Waals surface area contributed by atoms with Crippen molar-refractivity contribution in [1.29, 1.82) is 0 Å². The molecule has 0 bridgehead atoms. The largest absolute Gasteiger partial charge is 0.285 e. The fourth-order valence-electron chi connectivity index (χ4n) is 4.09. The van der Waals surface area contributed by atoms with Crippen LogP contribution in [0, 0.1) is 40.5 Å². The first-order valence-corrected chi connectivity index (χ1v) is 10.1. The van der Waals surface area contributed by atoms with Gasteiger partial charge in [-0.15, -0.1) is 0 Å². The molecule has 176 valence electrons. The van der Waals surface area contributed by atoms with Crippen LogP contribution in [-0.2, 0) is 0 Å². The average molecular weight is 477 g/mol. The van der Waals surface area contributed by atoms with Gasteiger partial charge in [0.2, 0.25) is 0 Å². The van der Waals surface area contributed by atoms with Crippen molar-refractivity contribution in [2.24, 2.45) is 4.99 Å². The molecule has 13 heteroatoms. The molecule has 0 amide bonds. The maximum Gasteiger partial charge on any atom is 0.285 e. The van der Waals surface area contributed by atoms with E-state index in [4.69, 9.17) is 0 Å². The standard InChI is InChI=1S/C22H15N5O8/c1-11(2)14-5-3-4-6-17(14)23-22-15-7-12(24(28)29)9-18(26(32)33)20(15)21-16(22)8-13(25(30)31)10-19(21)27(34)35/h3-11H,1-2H3. The van der Waals surface area contributed by atoms with Crippen LogP contribution < -0.4 is 0 Å². The third-order valence-electron chi connectivity index (χ3n) is 5.57. The van der Waals surface area contributed by atoms with Crippen LogP contribution in [0.1, 0.15) is 36.5 Å². The zero-order valence-corrected chi connectivity index (χ0v) is 18.2. The highest BCUT2D eigenvalue weighted by Gasteiger charge is 2.41. The molecule has 0 radical (unpaired) electrons. The number of nitro groups is 4. The molecule has 35 heavy (non-hydrogen) atoms. The Morgan fingerprint density at radius 2 is 1.14 bits per heavy atom. The van der Waals surface area contributed by atoms with Crippen molar-refractivity contribution in [2.45, 2.75) is 19.8 Å². The average Bonchev–Trinajstić information content (AvgIpc) is 3.11. The molecule has 3 aromatic carbocycles. The van der Waals surface area contributed by atoms with E-state index in [9.17, 15) is 40.5 Å². The fraction of sp³-hybridized carbons (Fsp3) is 0.136. The van der Waals surface area contributed by atoms with Crippen molar-refractivity contribution < 1.29 is 19.7 Å². The van der Waals surface area contributed by atoms with E-state index in [0.717, 1.165) is 17.7 Å². The van der Waals surface area contributed by atoms with Gasteiger partial charge in [-0.3, -0.25) is 40.5 Å². The number of rotatable bonds is 6. The lowest BCUT2D eigenvalue weighted by Crippen LogP contribution is -2.02. The van der Waals surface area contributed by atoms with Crippen LogP contribution in [0.25, 0.3) is 11.1 Å². The van der Waals surface area contributed by atoms with Crippen molar-refractivity contribution in [1.82, 2.24) is 0 Å². The van der Waals surface area contributed by atoms with Crippen LogP contribution in [0.4, 0.5) is 28.4 Å². The van der Waals surface area contributed by atoms with Gasteiger partial charge in [-0.1, -0.05) is 32.0 Å². The van der Waals surface area contributed by atoms with E-state index in [0.29, 0.717) is 17.8 Å². The van der Waals surface area contributed by atoms with Gasteiger partial charge in [0, 0.05) is 23.3 Å². The smallest absolute Gasteiger partial charge is 0.258 e. The summed E-state index contributed by atoms with van der Waals surface area (Å²) >= 11 is 0. The summed E-state index contributed by atoms with van der Waals surface area (Å²) in [6.07, 6.45) is 0. The molecule has 1 aliphatic rings. The number of nitro benzene ring substituents is 4. The second-order valence-corrected chi connectivity index (χ2v) is 7.98. The van der Waals surface area contributed by atoms with Crippen molar-refractivity contribution in [3.05, 3.63) is 106 Å². The monoisotopic (exact) mass is 477 g/mol. The minimum atomic E-state index is -0.883. The van der Waals surface area contributed by atoms with Gasteiger partial charge < -0.3 is 0 Å². The molecule has 0 fully saturated rings. The van der Waals surface area contributed by atoms with Gasteiger partial charge in [0.1, 0.15) is 0 Å². The Bertz CT molecular complexity index is 1410. The fourth-order valence-corrected chi connectivity index (χ4v) is 4.09. The Kier molecular flexibility index (Phi) is 5.52. The zero-order valence-electron chi connectivity index (χ0n) is 18.2. The summed E-state index contributed by atoms with van der Waals surface area (Å²) in [7, 11) is 0. The van der Waals surface area contributed by atoms with Crippen LogP contribution in [0.3, 0.4) is 0 Å². The van der Waals surface area contributed by atoms with Gasteiger partial charge in [0.05, 0.1) is 54.4 Å². The molecule has 4 rings (SSSR count). The molecule has 0 unspecified atom stereocenters. The highest BCUT2D eigenvalue weighted by Crippen LogP contribution is 2.50. The molecule has 0 aromatic heterocycles. The van der Waals surface area contributed by atoms with E-state index in [-0.39, 0.29) is 33.9 Å². The molecule has 0 heterocycles. The lowest BCUT2D eigenvalue weighted by atomic mass is 10.0. The number of aliphatic imine (C=N–C) groups is 1. The second-order valence-electron chi connectivity index (χ2n) is 7.98. The molecule has 13 nitrogen and oxygen atoms in total. The van der Waals surface area contributed by atoms with Gasteiger partial charge in [0.15, 0.2) is 0 Å². The molecular weight excluding hydrogens is 462 g/mol. The third kappa shape index (κ3) is 3.84. The SMILES string of the molecule is CC(C)c1ccccc1N=C1c2cc([N+](=O)[O-])cc([N+](=O)[O-])c2-c2c1cc([N+](=O)[O-])cc2[N+](=O)[O-]. The minimum Gasteiger partial charge on any atom is -0.258 e. The van der Waals surface area contributed by atoms with Gasteiger partial charge in [0.25, 0.3) is 22.7 Å². The van der Waals surface area contributed by atoms with Crippen molar-refractivity contribution in [2.75, 3.05) is 0 Å². The summed E-state index contributed by atoms with van der Waals surface area (Å²) in [5.41, 5.74) is -2.29. The quantitative estimate of drug-likeness (QED) is 0.254. The Morgan fingerprint density at radius 3 is 1.54 bits per heavy atom. The maximum atomic E-state index is 11.9. The lowest BCUT2D eigenvalue weighted by Gasteiger charge is -2.10. The van der Waals surface area contributed by atoms with Gasteiger partial charge >= 0.3 is 0 Å². The minimum absolute atomic E-state index is 0.00483. The van der Waals surface area contributed by atoms with Gasteiger partial charge in [-0.25, -0.2) is 4.99 Å². The predicted molar refractivity (Wildman–Crippen MR) is 124 cm³/mol. The Morgan fingerprint density at radius 1 is 0.686 bits per heavy atom. The Labute approximate surface area is 196 Å². The summed E-state index contributed by atoms with van der Waals surface area (Å²) in [5.74, 6) is -0.00483. The van der Waals surface area contributed by atoms with Crippen LogP contribution in [0.5, 0.6) is 0 Å². The number of fused-ring (bicyclic) bond motifs is 3. The second kappa shape index (κ2) is 8.37.